The second-order valence-corrected chi connectivity index (χ2v) is 12.6. The lowest BCUT2D eigenvalue weighted by molar-refractivity contribution is -0.139. The van der Waals surface area contributed by atoms with E-state index in [9.17, 15) is 18.0 Å². The molecule has 0 aromatic heterocycles. The van der Waals surface area contributed by atoms with E-state index in [1.807, 2.05) is 38.1 Å². The number of nitrogens with one attached hydrogen (secondary N) is 1. The number of rotatable bonds is 11. The van der Waals surface area contributed by atoms with Gasteiger partial charge in [0.2, 0.25) is 11.8 Å². The van der Waals surface area contributed by atoms with Crippen molar-refractivity contribution in [1.29, 1.82) is 0 Å². The first-order valence-electron chi connectivity index (χ1n) is 12.2. The van der Waals surface area contributed by atoms with Crippen molar-refractivity contribution in [3.05, 3.63) is 93.4 Å². The third-order valence-corrected chi connectivity index (χ3v) is 8.94. The van der Waals surface area contributed by atoms with Gasteiger partial charge >= 0.3 is 0 Å². The molecule has 7 nitrogen and oxygen atoms in total. The average Bonchev–Trinajstić information content (AvgIpc) is 2.90. The molecule has 1 N–H and O–H groups in total. The molecule has 0 spiro atoms. The monoisotopic (exact) mass is 663 g/mol. The lowest BCUT2D eigenvalue weighted by atomic mass is 10.1. The molecule has 0 aliphatic rings. The summed E-state index contributed by atoms with van der Waals surface area (Å²) in [5, 5.41) is 2.93. The van der Waals surface area contributed by atoms with E-state index < -0.39 is 28.5 Å². The Kier molecular flexibility index (Phi) is 10.5. The predicted octanol–water partition coefficient (Wildman–Crippen LogP) is 5.74. The van der Waals surface area contributed by atoms with Crippen molar-refractivity contribution in [3.63, 3.8) is 0 Å². The Hall–Kier alpha value is -2.69. The van der Waals surface area contributed by atoms with Crippen LogP contribution in [0.5, 0.6) is 0 Å². The molecule has 202 valence electrons. The van der Waals surface area contributed by atoms with Gasteiger partial charge < -0.3 is 10.2 Å². The van der Waals surface area contributed by atoms with E-state index in [4.69, 9.17) is 0 Å². The number of benzene rings is 3. The summed E-state index contributed by atoms with van der Waals surface area (Å²) in [7, 11) is -4.08. The van der Waals surface area contributed by atoms with Crippen molar-refractivity contribution >= 4 is 59.4 Å². The standard InChI is InChI=1S/C28H31Br2N3O4S/c1-4-20(2)31-28(35)21(3)32(18-22-9-8-10-24(30)17-22)27(34)19-33(25-15-13-23(29)14-16-25)38(36,37)26-11-6-5-7-12-26/h5-17,20-21H,4,18-19H2,1-3H3,(H,31,35)/t20-,21+/m0/s1. The van der Waals surface area contributed by atoms with Gasteiger partial charge in [-0.2, -0.15) is 0 Å². The van der Waals surface area contributed by atoms with Gasteiger partial charge in [-0.05, 0) is 74.4 Å². The van der Waals surface area contributed by atoms with Crippen molar-refractivity contribution < 1.29 is 18.0 Å². The van der Waals surface area contributed by atoms with Crippen LogP contribution in [0, 0.1) is 0 Å². The van der Waals surface area contributed by atoms with Crippen LogP contribution in [0.2, 0.25) is 0 Å². The molecule has 0 heterocycles. The highest BCUT2D eigenvalue weighted by Gasteiger charge is 2.32. The molecule has 0 aliphatic heterocycles. The smallest absolute Gasteiger partial charge is 0.264 e. The molecular formula is C28H31Br2N3O4S. The Morgan fingerprint density at radius 1 is 0.895 bits per heavy atom. The third-order valence-electron chi connectivity index (χ3n) is 6.13. The zero-order valence-corrected chi connectivity index (χ0v) is 25.5. The molecule has 0 fully saturated rings. The minimum atomic E-state index is -4.08. The molecule has 0 saturated carbocycles. The molecule has 3 aromatic carbocycles. The maximum Gasteiger partial charge on any atom is 0.264 e. The van der Waals surface area contributed by atoms with Crippen molar-refractivity contribution in [2.75, 3.05) is 10.8 Å². The number of nitrogens with zero attached hydrogens (tertiary/aromatic N) is 2. The molecular weight excluding hydrogens is 634 g/mol. The molecule has 0 radical (unpaired) electrons. The second-order valence-electron chi connectivity index (χ2n) is 8.95. The Balaban J connectivity index is 2.01. The summed E-state index contributed by atoms with van der Waals surface area (Å²) in [4.78, 5) is 28.4. The quantitative estimate of drug-likeness (QED) is 0.283. The Morgan fingerprint density at radius 3 is 2.16 bits per heavy atom. The van der Waals surface area contributed by atoms with Gasteiger partial charge in [0.15, 0.2) is 0 Å². The Morgan fingerprint density at radius 2 is 1.55 bits per heavy atom. The highest BCUT2D eigenvalue weighted by molar-refractivity contribution is 9.10. The lowest BCUT2D eigenvalue weighted by Gasteiger charge is -2.32. The van der Waals surface area contributed by atoms with E-state index in [0.717, 1.165) is 25.2 Å². The maximum absolute atomic E-state index is 13.9. The van der Waals surface area contributed by atoms with E-state index in [1.165, 1.54) is 17.0 Å². The van der Waals surface area contributed by atoms with Crippen LogP contribution in [-0.2, 0) is 26.2 Å². The third kappa shape index (κ3) is 7.68. The average molecular weight is 665 g/mol. The molecule has 10 heteroatoms. The predicted molar refractivity (Wildman–Crippen MR) is 157 cm³/mol. The summed E-state index contributed by atoms with van der Waals surface area (Å²) in [6, 6.07) is 21.2. The van der Waals surface area contributed by atoms with Crippen LogP contribution in [0.3, 0.4) is 0 Å². The van der Waals surface area contributed by atoms with Crippen LogP contribution in [0.25, 0.3) is 0 Å². The molecule has 0 unspecified atom stereocenters. The molecule has 0 bridgehead atoms. The van der Waals surface area contributed by atoms with E-state index in [0.29, 0.717) is 5.69 Å². The number of sulfonamides is 1. The number of carbonyl (C=O) groups excluding carboxylic acids is 2. The number of hydrogen-bond donors (Lipinski definition) is 1. The Labute approximate surface area is 241 Å². The zero-order chi connectivity index (χ0) is 27.9. The Bertz CT molecular complexity index is 1350. The number of hydrogen-bond acceptors (Lipinski definition) is 4. The summed E-state index contributed by atoms with van der Waals surface area (Å²) in [5.41, 5.74) is 1.14. The van der Waals surface area contributed by atoms with E-state index in [1.54, 1.807) is 49.4 Å². The first kappa shape index (κ1) is 29.9. The van der Waals surface area contributed by atoms with Gasteiger partial charge in [-0.15, -0.1) is 0 Å². The summed E-state index contributed by atoms with van der Waals surface area (Å²) in [6.07, 6.45) is 0.741. The lowest BCUT2D eigenvalue weighted by Crippen LogP contribution is -2.52. The fourth-order valence-corrected chi connectivity index (χ4v) is 5.88. The maximum atomic E-state index is 13.9. The molecule has 0 saturated heterocycles. The fraction of sp³-hybridized carbons (Fsp3) is 0.286. The number of carbonyl (C=O) groups is 2. The highest BCUT2D eigenvalue weighted by Crippen LogP contribution is 2.26. The number of anilines is 1. The van der Waals surface area contributed by atoms with Crippen LogP contribution >= 0.6 is 31.9 Å². The zero-order valence-electron chi connectivity index (χ0n) is 21.5. The molecule has 3 rings (SSSR count). The van der Waals surface area contributed by atoms with Gasteiger partial charge in [0.1, 0.15) is 12.6 Å². The highest BCUT2D eigenvalue weighted by atomic mass is 79.9. The SMILES string of the molecule is CC[C@H](C)NC(=O)[C@@H](C)N(Cc1cccc(Br)c1)C(=O)CN(c1ccc(Br)cc1)S(=O)(=O)c1ccccc1. The van der Waals surface area contributed by atoms with Gasteiger partial charge in [0.05, 0.1) is 10.6 Å². The summed E-state index contributed by atoms with van der Waals surface area (Å²) < 4.78 is 30.1. The van der Waals surface area contributed by atoms with Crippen LogP contribution < -0.4 is 9.62 Å². The number of amides is 2. The minimum Gasteiger partial charge on any atom is -0.352 e. The fourth-order valence-electron chi connectivity index (χ4n) is 3.74. The van der Waals surface area contributed by atoms with Gasteiger partial charge in [-0.25, -0.2) is 8.42 Å². The van der Waals surface area contributed by atoms with Gasteiger partial charge in [-0.1, -0.05) is 69.1 Å². The van der Waals surface area contributed by atoms with Crippen molar-refractivity contribution in [1.82, 2.24) is 10.2 Å². The van der Waals surface area contributed by atoms with Crippen molar-refractivity contribution in [2.24, 2.45) is 0 Å². The van der Waals surface area contributed by atoms with Crippen LogP contribution in [-0.4, -0.2) is 43.8 Å². The van der Waals surface area contributed by atoms with Gasteiger partial charge in [0.25, 0.3) is 10.0 Å². The second kappa shape index (κ2) is 13.4. The first-order chi connectivity index (χ1) is 18.0. The van der Waals surface area contributed by atoms with E-state index in [-0.39, 0.29) is 23.4 Å². The van der Waals surface area contributed by atoms with Crippen molar-refractivity contribution in [2.45, 2.75) is 50.7 Å². The van der Waals surface area contributed by atoms with Crippen molar-refractivity contribution in [3.8, 4) is 0 Å². The van der Waals surface area contributed by atoms with Crippen LogP contribution in [0.15, 0.2) is 92.7 Å². The van der Waals surface area contributed by atoms with Gasteiger partial charge in [-0.3, -0.25) is 13.9 Å². The molecule has 2 atom stereocenters. The first-order valence-corrected chi connectivity index (χ1v) is 15.2. The molecule has 38 heavy (non-hydrogen) atoms. The summed E-state index contributed by atoms with van der Waals surface area (Å²) >= 11 is 6.83. The molecule has 2 amide bonds. The van der Waals surface area contributed by atoms with E-state index >= 15 is 0 Å². The van der Waals surface area contributed by atoms with Crippen LogP contribution in [0.4, 0.5) is 5.69 Å². The number of halogens is 2. The van der Waals surface area contributed by atoms with E-state index in [2.05, 4.69) is 37.2 Å². The van der Waals surface area contributed by atoms with Crippen LogP contribution in [0.1, 0.15) is 32.8 Å². The minimum absolute atomic E-state index is 0.0644. The topological polar surface area (TPSA) is 86.8 Å². The van der Waals surface area contributed by atoms with Gasteiger partial charge in [0, 0.05) is 21.5 Å². The summed E-state index contributed by atoms with van der Waals surface area (Å²) in [6.45, 7) is 5.17. The summed E-state index contributed by atoms with van der Waals surface area (Å²) in [5.74, 6) is -0.803. The normalized spacial score (nSPS) is 12.9. The molecule has 0 aliphatic carbocycles. The largest absolute Gasteiger partial charge is 0.352 e. The molecule has 3 aromatic rings.